The van der Waals surface area contributed by atoms with Gasteiger partial charge >= 0.3 is 5.97 Å². The number of esters is 1. The highest BCUT2D eigenvalue weighted by molar-refractivity contribution is 6.15. The van der Waals surface area contributed by atoms with Crippen LogP contribution in [0.5, 0.6) is 0 Å². The molecule has 140 valence electrons. The van der Waals surface area contributed by atoms with Gasteiger partial charge in [0, 0.05) is 11.5 Å². The second kappa shape index (κ2) is 5.68. The number of fused-ring (bicyclic) bond motifs is 3. The minimum Gasteiger partial charge on any atom is -0.461 e. The molecule has 0 heterocycles. The first-order chi connectivity index (χ1) is 12.2. The van der Waals surface area contributed by atoms with Gasteiger partial charge in [-0.2, -0.15) is 0 Å². The lowest BCUT2D eigenvalue weighted by Gasteiger charge is -2.37. The molecule has 2 fully saturated rings. The molecule has 1 aromatic carbocycles. The molecule has 0 saturated heterocycles. The number of benzene rings is 1. The summed E-state index contributed by atoms with van der Waals surface area (Å²) in [7, 11) is 0. The van der Waals surface area contributed by atoms with Crippen LogP contribution in [0.25, 0.3) is 0 Å². The minimum absolute atomic E-state index is 0.0273. The number of rotatable bonds is 3. The van der Waals surface area contributed by atoms with Gasteiger partial charge in [-0.1, -0.05) is 65.3 Å². The van der Waals surface area contributed by atoms with Crippen molar-refractivity contribution >= 4 is 11.8 Å². The van der Waals surface area contributed by atoms with E-state index in [0.717, 1.165) is 18.4 Å². The molecule has 0 radical (unpaired) electrons. The largest absolute Gasteiger partial charge is 0.461 e. The molecule has 4 rings (SSSR count). The summed E-state index contributed by atoms with van der Waals surface area (Å²) in [6, 6.07) is 7.61. The van der Waals surface area contributed by atoms with Crippen LogP contribution in [-0.2, 0) is 14.9 Å². The summed E-state index contributed by atoms with van der Waals surface area (Å²) in [4.78, 5) is 26.4. The topological polar surface area (TPSA) is 43.4 Å². The molecule has 3 aliphatic rings. The smallest absolute Gasteiger partial charge is 0.318 e. The van der Waals surface area contributed by atoms with Crippen molar-refractivity contribution in [2.75, 3.05) is 0 Å². The second-order valence-corrected chi connectivity index (χ2v) is 9.64. The molecule has 0 aliphatic heterocycles. The average molecular weight is 354 g/mol. The van der Waals surface area contributed by atoms with Crippen molar-refractivity contribution in [1.29, 1.82) is 0 Å². The quantitative estimate of drug-likeness (QED) is 0.734. The molecule has 5 atom stereocenters. The Morgan fingerprint density at radius 2 is 1.88 bits per heavy atom. The normalized spacial score (nSPS) is 37.2. The molecular formula is C23H30O3. The number of hydrogen-bond donors (Lipinski definition) is 0. The van der Waals surface area contributed by atoms with Gasteiger partial charge in [-0.15, -0.1) is 0 Å². The van der Waals surface area contributed by atoms with Gasteiger partial charge in [0.15, 0.2) is 5.78 Å². The van der Waals surface area contributed by atoms with Crippen LogP contribution >= 0.6 is 0 Å². The van der Waals surface area contributed by atoms with Crippen molar-refractivity contribution in [1.82, 2.24) is 0 Å². The van der Waals surface area contributed by atoms with Gasteiger partial charge in [0.1, 0.15) is 11.5 Å². The summed E-state index contributed by atoms with van der Waals surface area (Å²) in [5.41, 5.74) is 0.465. The molecule has 0 aromatic heterocycles. The number of carbonyl (C=O) groups is 2. The zero-order valence-corrected chi connectivity index (χ0v) is 16.5. The van der Waals surface area contributed by atoms with E-state index in [2.05, 4.69) is 20.8 Å². The Balaban J connectivity index is 1.67. The first-order valence-electron chi connectivity index (χ1n) is 10.1. The molecule has 1 aromatic rings. The van der Waals surface area contributed by atoms with Crippen LogP contribution in [0.4, 0.5) is 0 Å². The third-order valence-electron chi connectivity index (χ3n) is 7.51. The highest BCUT2D eigenvalue weighted by Crippen LogP contribution is 2.74. The summed E-state index contributed by atoms with van der Waals surface area (Å²) >= 11 is 0. The summed E-state index contributed by atoms with van der Waals surface area (Å²) in [5.74, 6) is 1.17. The second-order valence-electron chi connectivity index (χ2n) is 9.64. The summed E-state index contributed by atoms with van der Waals surface area (Å²) in [6.45, 7) is 10.8. The predicted octanol–water partition coefficient (Wildman–Crippen LogP) is 4.78. The van der Waals surface area contributed by atoms with E-state index in [9.17, 15) is 9.59 Å². The highest BCUT2D eigenvalue weighted by Gasteiger charge is 2.83. The van der Waals surface area contributed by atoms with Crippen molar-refractivity contribution in [2.45, 2.75) is 65.4 Å². The number of Topliss-reactive ketones (excluding diaryl/α,β-unsaturated/α-hetero) is 1. The van der Waals surface area contributed by atoms with E-state index >= 15 is 0 Å². The Morgan fingerprint density at radius 3 is 2.58 bits per heavy atom. The Kier molecular flexibility index (Phi) is 3.88. The van der Waals surface area contributed by atoms with E-state index < -0.39 is 5.41 Å². The maximum absolute atomic E-state index is 13.5. The molecule has 0 N–H and O–H groups in total. The zero-order chi connectivity index (χ0) is 18.9. The van der Waals surface area contributed by atoms with Gasteiger partial charge in [0.05, 0.1) is 0 Å². The third-order valence-corrected chi connectivity index (χ3v) is 7.51. The van der Waals surface area contributed by atoms with Crippen molar-refractivity contribution in [2.24, 2.45) is 29.1 Å². The number of hydrogen-bond acceptors (Lipinski definition) is 3. The van der Waals surface area contributed by atoms with Crippen LogP contribution in [0.1, 0.15) is 69.8 Å². The van der Waals surface area contributed by atoms with Gasteiger partial charge in [-0.3, -0.25) is 9.59 Å². The van der Waals surface area contributed by atoms with Crippen molar-refractivity contribution in [3.05, 3.63) is 35.4 Å². The van der Waals surface area contributed by atoms with Crippen molar-refractivity contribution in [3.63, 3.8) is 0 Å². The Bertz CT molecular complexity index is 762. The molecule has 0 amide bonds. The maximum atomic E-state index is 13.5. The van der Waals surface area contributed by atoms with E-state index in [0.29, 0.717) is 23.3 Å². The molecule has 3 heteroatoms. The van der Waals surface area contributed by atoms with Gasteiger partial charge in [0.25, 0.3) is 0 Å². The Morgan fingerprint density at radius 1 is 1.19 bits per heavy atom. The number of ether oxygens (including phenoxy) is 1. The van der Waals surface area contributed by atoms with Crippen LogP contribution in [0.3, 0.4) is 0 Å². The van der Waals surface area contributed by atoms with E-state index in [1.165, 1.54) is 6.42 Å². The van der Waals surface area contributed by atoms with Crippen LogP contribution in [-0.4, -0.2) is 17.9 Å². The summed E-state index contributed by atoms with van der Waals surface area (Å²) in [5, 5.41) is 0. The van der Waals surface area contributed by atoms with Crippen molar-refractivity contribution in [3.8, 4) is 0 Å². The lowest BCUT2D eigenvalue weighted by atomic mass is 9.75. The number of ketones is 1. The third kappa shape index (κ3) is 2.12. The van der Waals surface area contributed by atoms with Gasteiger partial charge in [-0.05, 0) is 41.6 Å². The van der Waals surface area contributed by atoms with E-state index in [-0.39, 0.29) is 29.2 Å². The minimum atomic E-state index is -0.775. The van der Waals surface area contributed by atoms with Crippen LogP contribution in [0.2, 0.25) is 0 Å². The van der Waals surface area contributed by atoms with Crippen LogP contribution in [0.15, 0.2) is 24.3 Å². The molecule has 0 bridgehead atoms. The lowest BCUT2D eigenvalue weighted by Crippen LogP contribution is -2.39. The fourth-order valence-corrected chi connectivity index (χ4v) is 5.96. The molecule has 0 unspecified atom stereocenters. The van der Waals surface area contributed by atoms with Gasteiger partial charge in [0.2, 0.25) is 0 Å². The lowest BCUT2D eigenvalue weighted by molar-refractivity contribution is -0.160. The first-order valence-corrected chi connectivity index (χ1v) is 10.1. The van der Waals surface area contributed by atoms with Crippen LogP contribution in [0, 0.1) is 29.1 Å². The van der Waals surface area contributed by atoms with Crippen molar-refractivity contribution < 1.29 is 14.3 Å². The fourth-order valence-electron chi connectivity index (χ4n) is 5.96. The van der Waals surface area contributed by atoms with E-state index in [1.54, 1.807) is 0 Å². The molecule has 3 nitrogen and oxygen atoms in total. The molecular weight excluding hydrogens is 324 g/mol. The number of carbonyl (C=O) groups excluding carboxylic acids is 2. The van der Waals surface area contributed by atoms with Crippen LogP contribution < -0.4 is 0 Å². The molecule has 26 heavy (non-hydrogen) atoms. The standard InChI is InChI=1S/C23H30O3/c1-13(2)15-11-10-14(3)12-18(15)26-21(25)23-17-9-7-6-8-16(17)19(24)20(23)22(23,4)5/h6-9,13-15,18,20H,10-12H2,1-5H3/t14-,15+,18-,20-,23-/m0/s1. The monoisotopic (exact) mass is 354 g/mol. The molecule has 2 saturated carbocycles. The first kappa shape index (κ1) is 17.8. The Labute approximate surface area is 156 Å². The summed E-state index contributed by atoms with van der Waals surface area (Å²) in [6.07, 6.45) is 3.23. The summed E-state index contributed by atoms with van der Waals surface area (Å²) < 4.78 is 6.21. The van der Waals surface area contributed by atoms with Gasteiger partial charge in [-0.25, -0.2) is 0 Å². The predicted molar refractivity (Wildman–Crippen MR) is 101 cm³/mol. The molecule has 0 spiro atoms. The maximum Gasteiger partial charge on any atom is 0.318 e. The van der Waals surface area contributed by atoms with E-state index in [4.69, 9.17) is 4.74 Å². The average Bonchev–Trinajstić information content (AvgIpc) is 2.96. The van der Waals surface area contributed by atoms with E-state index in [1.807, 2.05) is 38.1 Å². The highest BCUT2D eigenvalue weighted by atomic mass is 16.5. The zero-order valence-electron chi connectivity index (χ0n) is 16.5. The molecule has 3 aliphatic carbocycles. The van der Waals surface area contributed by atoms with Gasteiger partial charge < -0.3 is 4.74 Å². The fraction of sp³-hybridized carbons (Fsp3) is 0.652. The SMILES string of the molecule is CC(C)[C@H]1CC[C@H](C)C[C@@H]1OC(=O)[C@]12c3ccccc3C(=O)[C@H]1C2(C)C. The Hall–Kier alpha value is -1.64.